The van der Waals surface area contributed by atoms with Crippen LogP contribution in [-0.4, -0.2) is 21.6 Å². The Morgan fingerprint density at radius 1 is 1.33 bits per heavy atom. The highest BCUT2D eigenvalue weighted by atomic mass is 16.5. The van der Waals surface area contributed by atoms with E-state index >= 15 is 0 Å². The Labute approximate surface area is 88.8 Å². The zero-order valence-corrected chi connectivity index (χ0v) is 8.89. The number of hydrogen-bond donors (Lipinski definition) is 0. The standard InChI is InChI=1S/C11H15N3O/c1-2-3-8-15-9-14-11-7-5-4-6-10(11)12-13-14/h4-7H,2-3,8-9H2,1H3. The Bertz CT molecular complexity index is 424. The molecular weight excluding hydrogens is 190 g/mol. The Balaban J connectivity index is 2.02. The van der Waals surface area contributed by atoms with Gasteiger partial charge in [0, 0.05) is 6.61 Å². The summed E-state index contributed by atoms with van der Waals surface area (Å²) >= 11 is 0. The molecule has 0 amide bonds. The number of benzene rings is 1. The summed E-state index contributed by atoms with van der Waals surface area (Å²) in [5, 5.41) is 8.09. The molecule has 0 aliphatic rings. The predicted molar refractivity (Wildman–Crippen MR) is 58.4 cm³/mol. The van der Waals surface area contributed by atoms with Crippen LogP contribution in [0.2, 0.25) is 0 Å². The van der Waals surface area contributed by atoms with Crippen molar-refractivity contribution in [3.63, 3.8) is 0 Å². The lowest BCUT2D eigenvalue weighted by Gasteiger charge is -2.03. The number of unbranched alkanes of at least 4 members (excludes halogenated alkanes) is 1. The molecule has 1 heterocycles. The molecule has 0 spiro atoms. The van der Waals surface area contributed by atoms with E-state index in [-0.39, 0.29) is 0 Å². The lowest BCUT2D eigenvalue weighted by atomic mass is 10.3. The summed E-state index contributed by atoms with van der Waals surface area (Å²) in [6.07, 6.45) is 2.24. The molecule has 1 aromatic carbocycles. The van der Waals surface area contributed by atoms with E-state index in [0.29, 0.717) is 6.73 Å². The summed E-state index contributed by atoms with van der Waals surface area (Å²) in [6.45, 7) is 3.42. The first-order chi connectivity index (χ1) is 7.42. The van der Waals surface area contributed by atoms with E-state index in [9.17, 15) is 0 Å². The zero-order chi connectivity index (χ0) is 10.5. The van der Waals surface area contributed by atoms with Crippen molar-refractivity contribution in [2.24, 2.45) is 0 Å². The maximum Gasteiger partial charge on any atom is 0.141 e. The minimum absolute atomic E-state index is 0.487. The third kappa shape index (κ3) is 2.33. The summed E-state index contributed by atoms with van der Waals surface area (Å²) in [7, 11) is 0. The van der Waals surface area contributed by atoms with E-state index in [1.54, 1.807) is 4.68 Å². The van der Waals surface area contributed by atoms with Crippen molar-refractivity contribution in [2.45, 2.75) is 26.5 Å². The van der Waals surface area contributed by atoms with Gasteiger partial charge in [-0.25, -0.2) is 4.68 Å². The van der Waals surface area contributed by atoms with Gasteiger partial charge in [-0.3, -0.25) is 0 Å². The highest BCUT2D eigenvalue weighted by Crippen LogP contribution is 2.09. The van der Waals surface area contributed by atoms with Crippen molar-refractivity contribution >= 4 is 11.0 Å². The molecule has 2 aromatic rings. The predicted octanol–water partition coefficient (Wildman–Crippen LogP) is 2.21. The Morgan fingerprint density at radius 2 is 2.20 bits per heavy atom. The van der Waals surface area contributed by atoms with E-state index in [1.165, 1.54) is 0 Å². The summed E-state index contributed by atoms with van der Waals surface area (Å²) in [5.41, 5.74) is 1.94. The molecule has 0 radical (unpaired) electrons. The molecule has 2 rings (SSSR count). The fourth-order valence-corrected chi connectivity index (χ4v) is 1.41. The summed E-state index contributed by atoms with van der Waals surface area (Å²) < 4.78 is 7.27. The van der Waals surface area contributed by atoms with Crippen LogP contribution in [0.5, 0.6) is 0 Å². The first-order valence-electron chi connectivity index (χ1n) is 5.28. The molecule has 0 atom stereocenters. The molecule has 0 aliphatic heterocycles. The Kier molecular flexibility index (Phi) is 3.29. The van der Waals surface area contributed by atoms with Crippen LogP contribution in [0.25, 0.3) is 11.0 Å². The van der Waals surface area contributed by atoms with Crippen LogP contribution in [0.15, 0.2) is 24.3 Å². The number of nitrogens with zero attached hydrogens (tertiary/aromatic N) is 3. The number of ether oxygens (including phenoxy) is 1. The van der Waals surface area contributed by atoms with Gasteiger partial charge in [-0.05, 0) is 18.6 Å². The van der Waals surface area contributed by atoms with Gasteiger partial charge in [-0.2, -0.15) is 0 Å². The molecule has 0 N–H and O–H groups in total. The van der Waals surface area contributed by atoms with Crippen molar-refractivity contribution in [2.75, 3.05) is 6.61 Å². The number of para-hydroxylation sites is 1. The molecule has 80 valence electrons. The average molecular weight is 205 g/mol. The number of rotatable bonds is 5. The maximum absolute atomic E-state index is 5.49. The normalized spacial score (nSPS) is 11.0. The van der Waals surface area contributed by atoms with Gasteiger partial charge < -0.3 is 4.74 Å². The highest BCUT2D eigenvalue weighted by Gasteiger charge is 2.01. The van der Waals surface area contributed by atoms with Crippen LogP contribution in [0, 0.1) is 0 Å². The van der Waals surface area contributed by atoms with Crippen LogP contribution in [-0.2, 0) is 11.5 Å². The molecule has 0 fully saturated rings. The Hall–Kier alpha value is -1.42. The van der Waals surface area contributed by atoms with Gasteiger partial charge in [0.05, 0.1) is 5.52 Å². The second kappa shape index (κ2) is 4.89. The second-order valence-electron chi connectivity index (χ2n) is 3.47. The third-order valence-corrected chi connectivity index (χ3v) is 2.28. The van der Waals surface area contributed by atoms with Gasteiger partial charge in [0.25, 0.3) is 0 Å². The minimum atomic E-state index is 0.487. The van der Waals surface area contributed by atoms with Crippen molar-refractivity contribution < 1.29 is 4.74 Å². The minimum Gasteiger partial charge on any atom is -0.359 e. The lowest BCUT2D eigenvalue weighted by Crippen LogP contribution is -2.05. The van der Waals surface area contributed by atoms with Gasteiger partial charge in [-0.1, -0.05) is 30.7 Å². The first kappa shape index (κ1) is 10.1. The average Bonchev–Trinajstić information content (AvgIpc) is 2.68. The van der Waals surface area contributed by atoms with Crippen molar-refractivity contribution in [3.8, 4) is 0 Å². The van der Waals surface area contributed by atoms with Gasteiger partial charge in [0.2, 0.25) is 0 Å². The SMILES string of the molecule is CCCCOCn1nnc2ccccc21. The van der Waals surface area contributed by atoms with Gasteiger partial charge in [0.15, 0.2) is 0 Å². The molecular formula is C11H15N3O. The van der Waals surface area contributed by atoms with Crippen molar-refractivity contribution in [3.05, 3.63) is 24.3 Å². The molecule has 0 aliphatic carbocycles. The molecule has 15 heavy (non-hydrogen) atoms. The van der Waals surface area contributed by atoms with Crippen LogP contribution < -0.4 is 0 Å². The molecule has 0 bridgehead atoms. The zero-order valence-electron chi connectivity index (χ0n) is 8.89. The fourth-order valence-electron chi connectivity index (χ4n) is 1.41. The monoisotopic (exact) mass is 205 g/mol. The fraction of sp³-hybridized carbons (Fsp3) is 0.455. The molecule has 0 unspecified atom stereocenters. The van der Waals surface area contributed by atoms with E-state index in [0.717, 1.165) is 30.5 Å². The maximum atomic E-state index is 5.49. The van der Waals surface area contributed by atoms with Crippen LogP contribution in [0.3, 0.4) is 0 Å². The van der Waals surface area contributed by atoms with Crippen molar-refractivity contribution in [1.29, 1.82) is 0 Å². The largest absolute Gasteiger partial charge is 0.359 e. The first-order valence-corrected chi connectivity index (χ1v) is 5.28. The van der Waals surface area contributed by atoms with E-state index < -0.39 is 0 Å². The van der Waals surface area contributed by atoms with Crippen LogP contribution >= 0.6 is 0 Å². The van der Waals surface area contributed by atoms with Crippen LogP contribution in [0.1, 0.15) is 19.8 Å². The smallest absolute Gasteiger partial charge is 0.141 e. The molecule has 4 heteroatoms. The topological polar surface area (TPSA) is 39.9 Å². The second-order valence-corrected chi connectivity index (χ2v) is 3.47. The molecule has 0 saturated carbocycles. The third-order valence-electron chi connectivity index (χ3n) is 2.28. The highest BCUT2D eigenvalue weighted by molar-refractivity contribution is 5.73. The summed E-state index contributed by atoms with van der Waals surface area (Å²) in [5.74, 6) is 0. The molecule has 4 nitrogen and oxygen atoms in total. The van der Waals surface area contributed by atoms with Crippen LogP contribution in [0.4, 0.5) is 0 Å². The summed E-state index contributed by atoms with van der Waals surface area (Å²) in [4.78, 5) is 0. The number of fused-ring (bicyclic) bond motifs is 1. The van der Waals surface area contributed by atoms with E-state index in [4.69, 9.17) is 4.74 Å². The van der Waals surface area contributed by atoms with Gasteiger partial charge >= 0.3 is 0 Å². The Morgan fingerprint density at radius 3 is 3.07 bits per heavy atom. The van der Waals surface area contributed by atoms with Crippen molar-refractivity contribution in [1.82, 2.24) is 15.0 Å². The number of aromatic nitrogens is 3. The van der Waals surface area contributed by atoms with Gasteiger partial charge in [-0.15, -0.1) is 5.10 Å². The number of hydrogen-bond acceptors (Lipinski definition) is 3. The van der Waals surface area contributed by atoms with E-state index in [2.05, 4.69) is 17.2 Å². The molecule has 0 saturated heterocycles. The van der Waals surface area contributed by atoms with E-state index in [1.807, 2.05) is 24.3 Å². The quantitative estimate of drug-likeness (QED) is 0.702. The summed E-state index contributed by atoms with van der Waals surface area (Å²) in [6, 6.07) is 7.89. The molecule has 1 aromatic heterocycles. The van der Waals surface area contributed by atoms with Gasteiger partial charge in [0.1, 0.15) is 12.2 Å². The lowest BCUT2D eigenvalue weighted by molar-refractivity contribution is 0.0684.